The molecule has 0 saturated carbocycles. The Hall–Kier alpha value is -0.950. The summed E-state index contributed by atoms with van der Waals surface area (Å²) in [6.07, 6.45) is 3.44. The van der Waals surface area contributed by atoms with Gasteiger partial charge in [0.15, 0.2) is 0 Å². The zero-order valence-corrected chi connectivity index (χ0v) is 16.8. The van der Waals surface area contributed by atoms with Crippen LogP contribution in [0.15, 0.2) is 24.3 Å². The summed E-state index contributed by atoms with van der Waals surface area (Å²) in [6, 6.07) is 7.04. The molecule has 1 fully saturated rings. The van der Waals surface area contributed by atoms with Gasteiger partial charge >= 0.3 is 6.55 Å². The van der Waals surface area contributed by atoms with Crippen molar-refractivity contribution < 1.29 is 8.78 Å². The molecule has 1 aromatic carbocycles. The van der Waals surface area contributed by atoms with E-state index in [1.54, 1.807) is 18.2 Å². The van der Waals surface area contributed by atoms with Gasteiger partial charge in [0.05, 0.1) is 17.1 Å². The molecule has 8 heteroatoms. The van der Waals surface area contributed by atoms with Crippen LogP contribution < -0.4 is 5.32 Å². The van der Waals surface area contributed by atoms with Crippen molar-refractivity contribution in [1.82, 2.24) is 19.8 Å². The second kappa shape index (κ2) is 10.4. The number of para-hydroxylation sites is 2. The van der Waals surface area contributed by atoms with Gasteiger partial charge in [0.2, 0.25) is 0 Å². The lowest BCUT2D eigenvalue weighted by Gasteiger charge is -2.35. The topological polar surface area (TPSA) is 33.1 Å². The largest absolute Gasteiger partial charge is 0.320 e. The summed E-state index contributed by atoms with van der Waals surface area (Å²) < 4.78 is 28.3. The summed E-state index contributed by atoms with van der Waals surface area (Å²) in [5.74, 6) is 1.20. The number of halogens is 4. The molecule has 4 nitrogen and oxygen atoms in total. The molecule has 2 heterocycles. The van der Waals surface area contributed by atoms with E-state index in [-0.39, 0.29) is 30.9 Å². The number of hydrogen-bond donors (Lipinski definition) is 1. The van der Waals surface area contributed by atoms with Crippen LogP contribution in [-0.4, -0.2) is 41.1 Å². The molecule has 26 heavy (non-hydrogen) atoms. The Bertz CT molecular complexity index is 672. The highest BCUT2D eigenvalue weighted by Crippen LogP contribution is 2.32. The first-order valence-electron chi connectivity index (χ1n) is 8.75. The van der Waals surface area contributed by atoms with Crippen LogP contribution in [-0.2, 0) is 0 Å². The maximum atomic E-state index is 13.6. The van der Waals surface area contributed by atoms with E-state index < -0.39 is 6.55 Å². The molecule has 1 unspecified atom stereocenters. The fourth-order valence-corrected chi connectivity index (χ4v) is 3.70. The van der Waals surface area contributed by atoms with Crippen molar-refractivity contribution in [3.8, 4) is 0 Å². The normalized spacial score (nSPS) is 17.1. The van der Waals surface area contributed by atoms with E-state index in [0.29, 0.717) is 16.9 Å². The molecule has 0 aliphatic carbocycles. The van der Waals surface area contributed by atoms with Crippen molar-refractivity contribution >= 4 is 35.8 Å². The minimum atomic E-state index is -2.57. The smallest absolute Gasteiger partial charge is 0.320 e. The molecule has 0 amide bonds. The average molecular weight is 409 g/mol. The maximum Gasteiger partial charge on any atom is 0.320 e. The van der Waals surface area contributed by atoms with Gasteiger partial charge in [-0.1, -0.05) is 12.1 Å². The van der Waals surface area contributed by atoms with Crippen LogP contribution in [0.25, 0.3) is 11.0 Å². The molecule has 1 atom stereocenters. The molecule has 0 radical (unpaired) electrons. The summed E-state index contributed by atoms with van der Waals surface area (Å²) >= 11 is 0. The lowest BCUT2D eigenvalue weighted by atomic mass is 9.93. The summed E-state index contributed by atoms with van der Waals surface area (Å²) in [4.78, 5) is 6.80. The van der Waals surface area contributed by atoms with Crippen LogP contribution in [0.5, 0.6) is 0 Å². The number of alkyl halides is 2. The molecule has 1 aromatic heterocycles. The van der Waals surface area contributed by atoms with Crippen molar-refractivity contribution in [1.29, 1.82) is 0 Å². The zero-order chi connectivity index (χ0) is 17.1. The summed E-state index contributed by atoms with van der Waals surface area (Å²) in [5, 5.41) is 3.20. The molecule has 0 spiro atoms. The van der Waals surface area contributed by atoms with Crippen molar-refractivity contribution in [2.75, 3.05) is 26.7 Å². The number of rotatable bonds is 6. The molecule has 3 rings (SSSR count). The number of imidazole rings is 1. The number of nitrogens with one attached hydrogen (secondary N) is 1. The van der Waals surface area contributed by atoms with Gasteiger partial charge in [0, 0.05) is 0 Å². The van der Waals surface area contributed by atoms with Crippen molar-refractivity contribution in [3.63, 3.8) is 0 Å². The Labute approximate surface area is 166 Å². The minimum Gasteiger partial charge on any atom is -0.320 e. The minimum absolute atomic E-state index is 0. The molecule has 1 saturated heterocycles. The maximum absolute atomic E-state index is 13.6. The van der Waals surface area contributed by atoms with E-state index in [1.165, 1.54) is 6.42 Å². The molecule has 148 valence electrons. The first kappa shape index (κ1) is 23.1. The van der Waals surface area contributed by atoms with Gasteiger partial charge < -0.3 is 5.32 Å². The fourth-order valence-electron chi connectivity index (χ4n) is 3.70. The van der Waals surface area contributed by atoms with E-state index in [9.17, 15) is 8.78 Å². The Morgan fingerprint density at radius 1 is 1.19 bits per heavy atom. The van der Waals surface area contributed by atoms with E-state index >= 15 is 0 Å². The number of aromatic nitrogens is 2. The van der Waals surface area contributed by atoms with Crippen LogP contribution in [0.2, 0.25) is 0 Å². The molecule has 1 aliphatic rings. The second-order valence-corrected chi connectivity index (χ2v) is 6.65. The summed E-state index contributed by atoms with van der Waals surface area (Å²) in [7, 11) is 1.98. The van der Waals surface area contributed by atoms with Gasteiger partial charge in [0.1, 0.15) is 5.82 Å². The van der Waals surface area contributed by atoms with Gasteiger partial charge in [-0.05, 0) is 70.9 Å². The number of piperidine rings is 1. The van der Waals surface area contributed by atoms with Crippen LogP contribution in [0, 0.1) is 5.92 Å². The Morgan fingerprint density at radius 3 is 2.46 bits per heavy atom. The van der Waals surface area contributed by atoms with Crippen LogP contribution in [0.3, 0.4) is 0 Å². The highest BCUT2D eigenvalue weighted by Gasteiger charge is 2.28. The first-order valence-corrected chi connectivity index (χ1v) is 8.75. The van der Waals surface area contributed by atoms with Crippen molar-refractivity contribution in [2.24, 2.45) is 5.92 Å². The Kier molecular flexibility index (Phi) is 9.24. The molecular formula is C18H28Cl2F2N4. The summed E-state index contributed by atoms with van der Waals surface area (Å²) in [5.41, 5.74) is 1.15. The highest BCUT2D eigenvalue weighted by atomic mass is 35.5. The third kappa shape index (κ3) is 4.85. The van der Waals surface area contributed by atoms with Gasteiger partial charge in [-0.15, -0.1) is 24.8 Å². The highest BCUT2D eigenvalue weighted by molar-refractivity contribution is 5.85. The SMILES string of the molecule is CNCCC1CCN(C(C)c2nc3ccccc3n2C(F)F)CC1.Cl.Cl. The number of benzene rings is 1. The van der Waals surface area contributed by atoms with Crippen molar-refractivity contribution in [3.05, 3.63) is 30.1 Å². The molecule has 1 aliphatic heterocycles. The quantitative estimate of drug-likeness (QED) is 0.754. The number of fused-ring (bicyclic) bond motifs is 1. The third-order valence-electron chi connectivity index (χ3n) is 5.19. The molecule has 0 bridgehead atoms. The Morgan fingerprint density at radius 2 is 1.85 bits per heavy atom. The number of likely N-dealkylation sites (tertiary alicyclic amines) is 1. The van der Waals surface area contributed by atoms with Crippen molar-refractivity contribution in [2.45, 2.75) is 38.8 Å². The first-order chi connectivity index (χ1) is 11.6. The standard InChI is InChI=1S/C18H26F2N4.2ClH/c1-13(23-11-8-14(9-12-23)7-10-21-2)17-22-15-5-3-4-6-16(15)24(17)18(19)20;;/h3-6,13-14,18,21H,7-12H2,1-2H3;2*1H. The number of hydrogen-bond acceptors (Lipinski definition) is 3. The van der Waals surface area contributed by atoms with E-state index in [4.69, 9.17) is 0 Å². The fraction of sp³-hybridized carbons (Fsp3) is 0.611. The van der Waals surface area contributed by atoms with Crippen LogP contribution >= 0.6 is 24.8 Å². The third-order valence-corrected chi connectivity index (χ3v) is 5.19. The van der Waals surface area contributed by atoms with Gasteiger partial charge in [-0.3, -0.25) is 9.47 Å². The average Bonchev–Trinajstić information content (AvgIpc) is 2.99. The van der Waals surface area contributed by atoms with Gasteiger partial charge in [-0.25, -0.2) is 4.98 Å². The van der Waals surface area contributed by atoms with E-state index in [2.05, 4.69) is 15.2 Å². The Balaban J connectivity index is 0.00000169. The van der Waals surface area contributed by atoms with Gasteiger partial charge in [-0.2, -0.15) is 8.78 Å². The lowest BCUT2D eigenvalue weighted by Crippen LogP contribution is -2.37. The predicted molar refractivity (Wildman–Crippen MR) is 107 cm³/mol. The van der Waals surface area contributed by atoms with E-state index in [0.717, 1.165) is 43.0 Å². The lowest BCUT2D eigenvalue weighted by molar-refractivity contribution is 0.0606. The summed E-state index contributed by atoms with van der Waals surface area (Å²) in [6.45, 7) is 2.36. The predicted octanol–water partition coefficient (Wildman–Crippen LogP) is 4.66. The zero-order valence-electron chi connectivity index (χ0n) is 15.2. The molecule has 1 N–H and O–H groups in total. The second-order valence-electron chi connectivity index (χ2n) is 6.65. The monoisotopic (exact) mass is 408 g/mol. The van der Waals surface area contributed by atoms with Crippen LogP contribution in [0.4, 0.5) is 8.78 Å². The molecule has 2 aromatic rings. The van der Waals surface area contributed by atoms with E-state index in [1.807, 2.05) is 20.0 Å². The molecular weight excluding hydrogens is 381 g/mol. The van der Waals surface area contributed by atoms with Gasteiger partial charge in [0.25, 0.3) is 0 Å². The van der Waals surface area contributed by atoms with Crippen LogP contribution in [0.1, 0.15) is 44.6 Å². The number of nitrogens with zero attached hydrogens (tertiary/aromatic N) is 3.